The van der Waals surface area contributed by atoms with Gasteiger partial charge in [0, 0.05) is 29.2 Å². The zero-order chi connectivity index (χ0) is 27.2. The summed E-state index contributed by atoms with van der Waals surface area (Å²) < 4.78 is 19.9. The largest absolute Gasteiger partial charge is 0.479 e. The molecule has 1 amide bonds. The third-order valence-electron chi connectivity index (χ3n) is 6.79. The Morgan fingerprint density at radius 2 is 1.68 bits per heavy atom. The van der Waals surface area contributed by atoms with Crippen LogP contribution in [0, 0.1) is 26.6 Å². The SMILES string of the molecule is Cc1cc(Cl)ccc1-c1c(C)c2c(c(C)c1C(OC(C)(C)C)C(=O)O)CN(C(=O)c1cccc(F)c1)C2. The van der Waals surface area contributed by atoms with Crippen molar-refractivity contribution in [3.8, 4) is 11.1 Å². The second-order valence-corrected chi connectivity index (χ2v) is 11.0. The number of ether oxygens (including phenoxy) is 1. The Morgan fingerprint density at radius 1 is 1.03 bits per heavy atom. The summed E-state index contributed by atoms with van der Waals surface area (Å²) in [6.07, 6.45) is -1.22. The topological polar surface area (TPSA) is 66.8 Å². The molecule has 194 valence electrons. The molecule has 1 atom stereocenters. The highest BCUT2D eigenvalue weighted by atomic mass is 35.5. The Labute approximate surface area is 221 Å². The first-order valence-corrected chi connectivity index (χ1v) is 12.5. The molecule has 1 heterocycles. The summed E-state index contributed by atoms with van der Waals surface area (Å²) >= 11 is 6.24. The molecular weight excluding hydrogens is 493 g/mol. The molecule has 5 nitrogen and oxygen atoms in total. The molecule has 0 radical (unpaired) electrons. The van der Waals surface area contributed by atoms with Gasteiger partial charge in [-0.15, -0.1) is 0 Å². The van der Waals surface area contributed by atoms with E-state index in [1.165, 1.54) is 18.2 Å². The Balaban J connectivity index is 1.93. The van der Waals surface area contributed by atoms with Crippen LogP contribution < -0.4 is 0 Å². The Hall–Kier alpha value is -3.22. The molecule has 3 aromatic rings. The van der Waals surface area contributed by atoms with Gasteiger partial charge in [0.05, 0.1) is 5.60 Å². The number of carboxylic acids is 1. The molecule has 0 bridgehead atoms. The Bertz CT molecular complexity index is 1410. The fourth-order valence-electron chi connectivity index (χ4n) is 5.14. The molecular formula is C30H31ClFNO4. The minimum atomic E-state index is -1.22. The zero-order valence-corrected chi connectivity index (χ0v) is 22.7. The van der Waals surface area contributed by atoms with Crippen molar-refractivity contribution < 1.29 is 23.8 Å². The lowest BCUT2D eigenvalue weighted by atomic mass is 9.82. The number of hydrogen-bond acceptors (Lipinski definition) is 3. The number of carbonyl (C=O) groups is 2. The van der Waals surface area contributed by atoms with Crippen molar-refractivity contribution in [2.75, 3.05) is 0 Å². The lowest BCUT2D eigenvalue weighted by Gasteiger charge is -2.30. The fraction of sp³-hybridized carbons (Fsp3) is 0.333. The van der Waals surface area contributed by atoms with Crippen molar-refractivity contribution in [1.29, 1.82) is 0 Å². The van der Waals surface area contributed by atoms with Gasteiger partial charge >= 0.3 is 5.97 Å². The minimum Gasteiger partial charge on any atom is -0.479 e. The molecule has 0 spiro atoms. The summed E-state index contributed by atoms with van der Waals surface area (Å²) in [5, 5.41) is 10.9. The van der Waals surface area contributed by atoms with E-state index < -0.39 is 23.5 Å². The first-order valence-electron chi connectivity index (χ1n) is 12.1. The van der Waals surface area contributed by atoms with E-state index in [4.69, 9.17) is 16.3 Å². The molecule has 1 N–H and O–H groups in total. The lowest BCUT2D eigenvalue weighted by molar-refractivity contribution is -0.160. The van der Waals surface area contributed by atoms with Gasteiger partial charge in [-0.3, -0.25) is 4.79 Å². The van der Waals surface area contributed by atoms with E-state index in [-0.39, 0.29) is 11.5 Å². The number of rotatable bonds is 5. The van der Waals surface area contributed by atoms with Crippen LogP contribution >= 0.6 is 11.6 Å². The number of fused-ring (bicyclic) bond motifs is 1. The highest BCUT2D eigenvalue weighted by molar-refractivity contribution is 6.30. The van der Waals surface area contributed by atoms with E-state index in [1.807, 2.05) is 53.7 Å². The van der Waals surface area contributed by atoms with E-state index >= 15 is 0 Å². The summed E-state index contributed by atoms with van der Waals surface area (Å²) in [7, 11) is 0. The van der Waals surface area contributed by atoms with E-state index in [0.717, 1.165) is 38.9 Å². The van der Waals surface area contributed by atoms with Gasteiger partial charge < -0.3 is 14.7 Å². The summed E-state index contributed by atoms with van der Waals surface area (Å²) in [4.78, 5) is 27.6. The maximum Gasteiger partial charge on any atom is 0.337 e. The quantitative estimate of drug-likeness (QED) is 0.385. The van der Waals surface area contributed by atoms with Crippen LogP contribution in [0.2, 0.25) is 5.02 Å². The number of carboxylic acid groups (broad SMARTS) is 1. The predicted molar refractivity (Wildman–Crippen MR) is 142 cm³/mol. The average Bonchev–Trinajstić information content (AvgIpc) is 3.25. The van der Waals surface area contributed by atoms with Crippen LogP contribution in [0.3, 0.4) is 0 Å². The molecule has 0 aliphatic carbocycles. The smallest absolute Gasteiger partial charge is 0.337 e. The summed E-state index contributed by atoms with van der Waals surface area (Å²) in [5.74, 6) is -1.83. The standard InChI is InChI=1S/C30H31ClFNO4/c1-16-12-20(31)10-11-22(16)25-17(2)23-14-33(28(34)19-8-7-9-21(32)13-19)15-24(23)18(3)26(25)27(29(35)36)37-30(4,5)6/h7-13,27H,14-15H2,1-6H3,(H,35,36). The second-order valence-electron chi connectivity index (χ2n) is 10.6. The minimum absolute atomic E-state index is 0.275. The van der Waals surface area contributed by atoms with Gasteiger partial charge in [0.2, 0.25) is 0 Å². The number of benzene rings is 3. The number of halogens is 2. The van der Waals surface area contributed by atoms with Crippen LogP contribution in [-0.4, -0.2) is 27.5 Å². The van der Waals surface area contributed by atoms with Gasteiger partial charge in [0.15, 0.2) is 6.10 Å². The van der Waals surface area contributed by atoms with Gasteiger partial charge in [0.1, 0.15) is 5.82 Å². The van der Waals surface area contributed by atoms with E-state index in [0.29, 0.717) is 23.7 Å². The summed E-state index contributed by atoms with van der Waals surface area (Å²) in [6.45, 7) is 11.9. The van der Waals surface area contributed by atoms with Gasteiger partial charge in [-0.2, -0.15) is 0 Å². The zero-order valence-electron chi connectivity index (χ0n) is 21.9. The molecule has 0 saturated heterocycles. The molecule has 0 aromatic heterocycles. The van der Waals surface area contributed by atoms with E-state index in [1.54, 1.807) is 17.0 Å². The molecule has 3 aromatic carbocycles. The number of aryl methyl sites for hydroxylation is 1. The highest BCUT2D eigenvalue weighted by Crippen LogP contribution is 2.45. The maximum absolute atomic E-state index is 13.8. The summed E-state index contributed by atoms with van der Waals surface area (Å²) in [5.41, 5.74) is 6.21. The third kappa shape index (κ3) is 5.27. The molecule has 4 rings (SSSR count). The van der Waals surface area contributed by atoms with Crippen molar-refractivity contribution in [3.05, 3.63) is 92.2 Å². The van der Waals surface area contributed by atoms with Gasteiger partial charge in [-0.25, -0.2) is 9.18 Å². The van der Waals surface area contributed by atoms with Crippen LogP contribution in [0.1, 0.15) is 70.6 Å². The number of carbonyl (C=O) groups excluding carboxylic acids is 1. The molecule has 37 heavy (non-hydrogen) atoms. The van der Waals surface area contributed by atoms with Gasteiger partial charge in [-0.05, 0) is 111 Å². The first kappa shape index (κ1) is 26.8. The lowest BCUT2D eigenvalue weighted by Crippen LogP contribution is -2.28. The van der Waals surface area contributed by atoms with Crippen LogP contribution in [-0.2, 0) is 22.6 Å². The van der Waals surface area contributed by atoms with Crippen LogP contribution in [0.5, 0.6) is 0 Å². The van der Waals surface area contributed by atoms with Gasteiger partial charge in [0.25, 0.3) is 5.91 Å². The molecule has 1 aliphatic rings. The summed E-state index contributed by atoms with van der Waals surface area (Å²) in [6, 6.07) is 11.2. The van der Waals surface area contributed by atoms with Crippen molar-refractivity contribution in [2.45, 2.75) is 66.3 Å². The number of nitrogens with zero attached hydrogens (tertiary/aromatic N) is 1. The first-order chi connectivity index (χ1) is 17.3. The Kier molecular flexibility index (Phi) is 7.19. The Morgan fingerprint density at radius 3 is 2.24 bits per heavy atom. The normalized spacial score (nSPS) is 14.0. The van der Waals surface area contributed by atoms with Crippen molar-refractivity contribution in [3.63, 3.8) is 0 Å². The highest BCUT2D eigenvalue weighted by Gasteiger charge is 2.36. The van der Waals surface area contributed by atoms with E-state index in [9.17, 15) is 19.1 Å². The van der Waals surface area contributed by atoms with Crippen molar-refractivity contribution >= 4 is 23.5 Å². The predicted octanol–water partition coefficient (Wildman–Crippen LogP) is 7.17. The molecule has 1 unspecified atom stereocenters. The van der Waals surface area contributed by atoms with Crippen molar-refractivity contribution in [1.82, 2.24) is 4.90 Å². The number of aliphatic carboxylic acids is 1. The molecule has 1 aliphatic heterocycles. The molecule has 7 heteroatoms. The number of amides is 1. The number of hydrogen-bond donors (Lipinski definition) is 1. The average molecular weight is 524 g/mol. The second kappa shape index (κ2) is 9.92. The third-order valence-corrected chi connectivity index (χ3v) is 7.03. The van der Waals surface area contributed by atoms with Crippen LogP contribution in [0.15, 0.2) is 42.5 Å². The van der Waals surface area contributed by atoms with E-state index in [2.05, 4.69) is 0 Å². The van der Waals surface area contributed by atoms with Gasteiger partial charge in [-0.1, -0.05) is 23.7 Å². The maximum atomic E-state index is 13.8. The molecule has 0 fully saturated rings. The van der Waals surface area contributed by atoms with Crippen LogP contribution in [0.4, 0.5) is 4.39 Å². The van der Waals surface area contributed by atoms with Crippen LogP contribution in [0.25, 0.3) is 11.1 Å². The molecule has 0 saturated carbocycles. The van der Waals surface area contributed by atoms with Crippen molar-refractivity contribution in [2.24, 2.45) is 0 Å². The monoisotopic (exact) mass is 523 g/mol. The fourth-order valence-corrected chi connectivity index (χ4v) is 5.36.